The Labute approximate surface area is 86.7 Å². The minimum Gasteiger partial charge on any atom is -0.358 e. The zero-order valence-electron chi connectivity index (χ0n) is 8.05. The molecule has 1 rings (SSSR count). The zero-order valence-corrected chi connectivity index (χ0v) is 8.87. The van der Waals surface area contributed by atoms with Crippen molar-refractivity contribution in [1.82, 2.24) is 9.55 Å². The van der Waals surface area contributed by atoms with Crippen LogP contribution in [0, 0.1) is 10.1 Å². The lowest BCUT2D eigenvalue weighted by Crippen LogP contribution is -2.03. The molecule has 1 heterocycles. The van der Waals surface area contributed by atoms with Gasteiger partial charge in [-0.25, -0.2) is 9.55 Å². The third-order valence-electron chi connectivity index (χ3n) is 1.70. The highest BCUT2D eigenvalue weighted by Gasteiger charge is 2.11. The van der Waals surface area contributed by atoms with Crippen molar-refractivity contribution in [3.8, 4) is 0 Å². The van der Waals surface area contributed by atoms with E-state index >= 15 is 0 Å². The van der Waals surface area contributed by atoms with Gasteiger partial charge in [0, 0.05) is 5.75 Å². The number of hydrogen-bond acceptors (Lipinski definition) is 4. The molecular weight excluding hydrogens is 202 g/mol. The Kier molecular flexibility index (Phi) is 4.45. The molecule has 0 aliphatic carbocycles. The van der Waals surface area contributed by atoms with Gasteiger partial charge in [-0.05, 0) is 17.1 Å². The van der Waals surface area contributed by atoms with Crippen molar-refractivity contribution in [2.24, 2.45) is 0 Å². The molecule has 0 bridgehead atoms. The Bertz CT molecular complexity index is 301. The fraction of sp³-hybridized carbons (Fsp3) is 0.625. The number of hydrogen-bond donors (Lipinski definition) is 0. The molecule has 0 spiro atoms. The molecule has 0 aliphatic rings. The lowest BCUT2D eigenvalue weighted by Gasteiger charge is -1.99. The largest absolute Gasteiger partial charge is 0.358 e. The second-order valence-corrected chi connectivity index (χ2v) is 4.04. The fourth-order valence-corrected chi connectivity index (χ4v) is 1.87. The van der Waals surface area contributed by atoms with Crippen LogP contribution < -0.4 is 0 Å². The van der Waals surface area contributed by atoms with Crippen LogP contribution in [0.1, 0.15) is 13.3 Å². The predicted molar refractivity (Wildman–Crippen MR) is 56.5 cm³/mol. The molecule has 1 aromatic rings. The molecule has 5 nitrogen and oxygen atoms in total. The van der Waals surface area contributed by atoms with Gasteiger partial charge < -0.3 is 10.1 Å². The minimum atomic E-state index is -0.405. The predicted octanol–water partition coefficient (Wildman–Crippen LogP) is 1.93. The normalized spacial score (nSPS) is 10.4. The van der Waals surface area contributed by atoms with Crippen LogP contribution in [-0.2, 0) is 6.54 Å². The Morgan fingerprint density at radius 3 is 3.07 bits per heavy atom. The fourth-order valence-electron chi connectivity index (χ4n) is 1.05. The number of nitrogens with zero attached hydrogens (tertiary/aromatic N) is 3. The molecule has 14 heavy (non-hydrogen) atoms. The highest BCUT2D eigenvalue weighted by molar-refractivity contribution is 7.99. The first-order valence-corrected chi connectivity index (χ1v) is 5.63. The van der Waals surface area contributed by atoms with Crippen LogP contribution in [0.3, 0.4) is 0 Å². The lowest BCUT2D eigenvalue weighted by molar-refractivity contribution is -0.392. The molecule has 0 atom stereocenters. The van der Waals surface area contributed by atoms with E-state index in [0.29, 0.717) is 6.54 Å². The van der Waals surface area contributed by atoms with Gasteiger partial charge in [0.15, 0.2) is 6.33 Å². The van der Waals surface area contributed by atoms with Gasteiger partial charge in [-0.1, -0.05) is 6.92 Å². The highest BCUT2D eigenvalue weighted by atomic mass is 32.2. The van der Waals surface area contributed by atoms with Crippen molar-refractivity contribution < 1.29 is 4.92 Å². The molecule has 0 aromatic carbocycles. The Hall–Kier alpha value is -1.04. The number of rotatable bonds is 6. The minimum absolute atomic E-state index is 0.0714. The summed E-state index contributed by atoms with van der Waals surface area (Å²) in [4.78, 5) is 13.9. The first kappa shape index (κ1) is 11.0. The molecule has 0 saturated heterocycles. The summed E-state index contributed by atoms with van der Waals surface area (Å²) in [7, 11) is 0. The van der Waals surface area contributed by atoms with Gasteiger partial charge in [0.1, 0.15) is 12.7 Å². The second kappa shape index (κ2) is 5.64. The van der Waals surface area contributed by atoms with Crippen molar-refractivity contribution in [3.05, 3.63) is 22.6 Å². The summed E-state index contributed by atoms with van der Waals surface area (Å²) in [5, 5.41) is 10.5. The summed E-state index contributed by atoms with van der Waals surface area (Å²) >= 11 is 1.80. The number of aryl methyl sites for hydroxylation is 1. The standard InChI is InChI=1S/C8H13N3O2S/c1-2-4-14-5-3-10-7-9-6-8(10)11(12)13/h6-7H,2-5H2,1H3. The molecule has 78 valence electrons. The van der Waals surface area contributed by atoms with E-state index in [1.165, 1.54) is 12.5 Å². The Morgan fingerprint density at radius 2 is 2.43 bits per heavy atom. The van der Waals surface area contributed by atoms with Crippen LogP contribution in [-0.4, -0.2) is 26.0 Å². The Morgan fingerprint density at radius 1 is 1.64 bits per heavy atom. The van der Waals surface area contributed by atoms with Gasteiger partial charge in [0.05, 0.1) is 0 Å². The van der Waals surface area contributed by atoms with E-state index < -0.39 is 4.92 Å². The first-order valence-electron chi connectivity index (χ1n) is 4.48. The van der Waals surface area contributed by atoms with Crippen molar-refractivity contribution in [2.45, 2.75) is 19.9 Å². The molecule has 1 aromatic heterocycles. The van der Waals surface area contributed by atoms with E-state index in [1.54, 1.807) is 16.3 Å². The molecule has 0 fully saturated rings. The maximum absolute atomic E-state index is 10.5. The highest BCUT2D eigenvalue weighted by Crippen LogP contribution is 2.11. The van der Waals surface area contributed by atoms with Crippen molar-refractivity contribution in [2.75, 3.05) is 11.5 Å². The quantitative estimate of drug-likeness (QED) is 0.413. The van der Waals surface area contributed by atoms with Crippen molar-refractivity contribution in [3.63, 3.8) is 0 Å². The van der Waals surface area contributed by atoms with Gasteiger partial charge >= 0.3 is 5.82 Å². The SMILES string of the molecule is CCCSCCn1cncc1[N+](=O)[O-]. The van der Waals surface area contributed by atoms with Crippen LogP contribution in [0.4, 0.5) is 5.82 Å². The maximum atomic E-state index is 10.5. The summed E-state index contributed by atoms with van der Waals surface area (Å²) in [5.74, 6) is 2.06. The van der Waals surface area contributed by atoms with E-state index in [-0.39, 0.29) is 5.82 Å². The molecule has 0 N–H and O–H groups in total. The average Bonchev–Trinajstić information content (AvgIpc) is 2.60. The number of aromatic nitrogens is 2. The van der Waals surface area contributed by atoms with Crippen LogP contribution in [0.2, 0.25) is 0 Å². The van der Waals surface area contributed by atoms with E-state index in [1.807, 2.05) is 0 Å². The summed E-state index contributed by atoms with van der Waals surface area (Å²) in [6.07, 6.45) is 3.92. The van der Waals surface area contributed by atoms with Crippen LogP contribution >= 0.6 is 11.8 Å². The van der Waals surface area contributed by atoms with Crippen LogP contribution in [0.15, 0.2) is 12.5 Å². The van der Waals surface area contributed by atoms with Crippen molar-refractivity contribution >= 4 is 17.6 Å². The van der Waals surface area contributed by atoms with E-state index in [2.05, 4.69) is 11.9 Å². The molecule has 0 saturated carbocycles. The summed E-state index contributed by atoms with van der Waals surface area (Å²) in [5.41, 5.74) is 0. The summed E-state index contributed by atoms with van der Waals surface area (Å²) in [6, 6.07) is 0. The van der Waals surface area contributed by atoms with Gasteiger partial charge in [0.25, 0.3) is 0 Å². The van der Waals surface area contributed by atoms with Crippen LogP contribution in [0.25, 0.3) is 0 Å². The number of nitro groups is 1. The lowest BCUT2D eigenvalue weighted by atomic mass is 10.6. The maximum Gasteiger partial charge on any atom is 0.342 e. The van der Waals surface area contributed by atoms with E-state index in [0.717, 1.165) is 17.9 Å². The first-order chi connectivity index (χ1) is 6.75. The molecule has 0 radical (unpaired) electrons. The van der Waals surface area contributed by atoms with Crippen LogP contribution in [0.5, 0.6) is 0 Å². The smallest absolute Gasteiger partial charge is 0.342 e. The van der Waals surface area contributed by atoms with E-state index in [9.17, 15) is 10.1 Å². The van der Waals surface area contributed by atoms with Crippen molar-refractivity contribution in [1.29, 1.82) is 0 Å². The van der Waals surface area contributed by atoms with Gasteiger partial charge in [-0.2, -0.15) is 11.8 Å². The monoisotopic (exact) mass is 215 g/mol. The van der Waals surface area contributed by atoms with E-state index in [4.69, 9.17) is 0 Å². The molecule has 0 amide bonds. The topological polar surface area (TPSA) is 61.0 Å². The molecule has 0 unspecified atom stereocenters. The van der Waals surface area contributed by atoms with Gasteiger partial charge in [0.2, 0.25) is 0 Å². The summed E-state index contributed by atoms with van der Waals surface area (Å²) < 4.78 is 1.57. The van der Waals surface area contributed by atoms with Gasteiger partial charge in [-0.15, -0.1) is 0 Å². The Balaban J connectivity index is 2.42. The van der Waals surface area contributed by atoms with Gasteiger partial charge in [-0.3, -0.25) is 0 Å². The average molecular weight is 215 g/mol. The number of thioether (sulfide) groups is 1. The second-order valence-electron chi connectivity index (χ2n) is 2.81. The zero-order chi connectivity index (χ0) is 10.4. The molecular formula is C8H13N3O2S. The number of imidazole rings is 1. The molecule has 6 heteroatoms. The molecule has 0 aliphatic heterocycles. The third kappa shape index (κ3) is 3.02. The third-order valence-corrected chi connectivity index (χ3v) is 2.87. The summed E-state index contributed by atoms with van der Waals surface area (Å²) in [6.45, 7) is 2.77.